The van der Waals surface area contributed by atoms with Crippen LogP contribution >= 0.6 is 11.3 Å². The van der Waals surface area contributed by atoms with Gasteiger partial charge in [0.2, 0.25) is 5.78 Å². The van der Waals surface area contributed by atoms with Gasteiger partial charge in [0, 0.05) is 24.1 Å². The van der Waals surface area contributed by atoms with Crippen LogP contribution in [0.5, 0.6) is 0 Å². The van der Waals surface area contributed by atoms with E-state index in [1.54, 1.807) is 22.9 Å². The summed E-state index contributed by atoms with van der Waals surface area (Å²) in [5, 5.41) is 18.3. The molecule has 172 valence electrons. The second kappa shape index (κ2) is 18.7. The van der Waals surface area contributed by atoms with Gasteiger partial charge in [-0.3, -0.25) is 4.79 Å². The number of nitrogens with zero attached hydrogens (tertiary/aromatic N) is 2. The molecule has 2 heterocycles. The molecule has 3 aromatic rings. The molecule has 0 radical (unpaired) electrons. The van der Waals surface area contributed by atoms with Gasteiger partial charge in [-0.1, -0.05) is 18.2 Å². The van der Waals surface area contributed by atoms with E-state index in [0.29, 0.717) is 10.9 Å². The summed E-state index contributed by atoms with van der Waals surface area (Å²) >= 11 is 0.847. The zero-order valence-electron chi connectivity index (χ0n) is 19.0. The third-order valence-electron chi connectivity index (χ3n) is 3.69. The van der Waals surface area contributed by atoms with Crippen LogP contribution < -0.4 is 75.1 Å². The number of carbonyl (C=O) groups excluding carboxylic acids is 2. The SMILES string of the molecule is C=O.COCn1cc(C(=O)c2nc(C(N)C(F)(F)F)cs2)c2ccccc21.C[O-].C[O-].[Na+].[Na+]. The molecule has 0 spiro atoms. The van der Waals surface area contributed by atoms with E-state index in [1.807, 2.05) is 18.9 Å². The molecule has 1 unspecified atom stereocenters. The number of halogens is 3. The summed E-state index contributed by atoms with van der Waals surface area (Å²) in [5.74, 6) is -0.448. The predicted octanol–water partition coefficient (Wildman–Crippen LogP) is -4.73. The van der Waals surface area contributed by atoms with Gasteiger partial charge in [-0.15, -0.1) is 11.3 Å². The zero-order valence-corrected chi connectivity index (χ0v) is 23.8. The smallest absolute Gasteiger partial charge is 0.857 e. The van der Waals surface area contributed by atoms with Crippen LogP contribution in [-0.2, 0) is 16.3 Å². The van der Waals surface area contributed by atoms with Crippen LogP contribution in [0.4, 0.5) is 13.2 Å². The van der Waals surface area contributed by atoms with Gasteiger partial charge in [0.05, 0.1) is 16.8 Å². The van der Waals surface area contributed by atoms with Crippen LogP contribution in [0, 0.1) is 0 Å². The molecule has 0 amide bonds. The molecule has 0 fully saturated rings. The van der Waals surface area contributed by atoms with Gasteiger partial charge in [-0.05, 0) is 6.07 Å². The Bertz CT molecular complexity index is 954. The van der Waals surface area contributed by atoms with Crippen molar-refractivity contribution in [1.82, 2.24) is 9.55 Å². The number of carbonyl (C=O) groups is 2. The number of nitrogens with two attached hydrogens (primary N) is 1. The summed E-state index contributed by atoms with van der Waals surface area (Å²) in [7, 11) is 3.03. The van der Waals surface area contributed by atoms with Gasteiger partial charge >= 0.3 is 65.3 Å². The minimum atomic E-state index is -4.61. The molecule has 3 rings (SSSR count). The number of benzene rings is 1. The second-order valence-electron chi connectivity index (χ2n) is 5.37. The van der Waals surface area contributed by atoms with Gasteiger partial charge in [-0.25, -0.2) is 4.98 Å². The van der Waals surface area contributed by atoms with Crippen molar-refractivity contribution in [1.29, 1.82) is 0 Å². The Balaban J connectivity index is -0.00000104. The molecule has 33 heavy (non-hydrogen) atoms. The van der Waals surface area contributed by atoms with Crippen molar-refractivity contribution in [2.24, 2.45) is 5.73 Å². The number of rotatable bonds is 5. The first-order valence-corrected chi connectivity index (χ1v) is 9.20. The van der Waals surface area contributed by atoms with E-state index < -0.39 is 18.0 Å². The fraction of sp³-hybridized carbons (Fsp3) is 0.316. The number of methoxy groups -OCH3 is 1. The van der Waals surface area contributed by atoms with E-state index in [1.165, 1.54) is 12.5 Å². The summed E-state index contributed by atoms with van der Waals surface area (Å²) in [6.45, 7) is 2.25. The van der Waals surface area contributed by atoms with Crippen molar-refractivity contribution in [2.75, 3.05) is 21.3 Å². The quantitative estimate of drug-likeness (QED) is 0.271. The molecule has 0 bridgehead atoms. The maximum atomic E-state index is 12.7. The monoisotopic (exact) mass is 507 g/mol. The Labute approximate surface area is 237 Å². The molecular formula is C19H22F3N3Na2O5S. The van der Waals surface area contributed by atoms with Crippen molar-refractivity contribution < 1.29 is 96.8 Å². The summed E-state index contributed by atoms with van der Waals surface area (Å²) < 4.78 is 45.0. The largest absolute Gasteiger partial charge is 1.00 e. The Hall–Kier alpha value is -0.640. The van der Waals surface area contributed by atoms with Gasteiger partial charge in [0.15, 0.2) is 5.01 Å². The molecule has 0 saturated carbocycles. The topological polar surface area (TPSA) is 133 Å². The van der Waals surface area contributed by atoms with Crippen molar-refractivity contribution in [3.8, 4) is 0 Å². The molecule has 2 aromatic heterocycles. The van der Waals surface area contributed by atoms with Crippen molar-refractivity contribution in [2.45, 2.75) is 18.9 Å². The van der Waals surface area contributed by atoms with Crippen molar-refractivity contribution in [3.63, 3.8) is 0 Å². The Morgan fingerprint density at radius 3 is 2.27 bits per heavy atom. The number of aromatic nitrogens is 2. The van der Waals surface area contributed by atoms with Gasteiger partial charge in [0.1, 0.15) is 19.6 Å². The van der Waals surface area contributed by atoms with Gasteiger partial charge in [0.25, 0.3) is 0 Å². The normalized spacial score (nSPS) is 10.6. The third kappa shape index (κ3) is 9.86. The van der Waals surface area contributed by atoms with Crippen LogP contribution in [0.2, 0.25) is 0 Å². The first kappa shape index (κ1) is 36.9. The standard InChI is InChI=1S/C16H14F3N3O2S.2CH3O.CH2O.2Na/c1-24-8-22-6-10(9-4-2-3-5-12(9)22)13(23)15-21-11(7-25-15)14(20)16(17,18)19;3*1-2;;/h2-7,14H,8,20H2,1H3;2*1H3;1H2;;/q;2*-1;;2*+1. The van der Waals surface area contributed by atoms with E-state index in [4.69, 9.17) is 25.5 Å². The van der Waals surface area contributed by atoms with Crippen molar-refractivity contribution >= 4 is 34.8 Å². The molecule has 14 heteroatoms. The average molecular weight is 507 g/mol. The van der Waals surface area contributed by atoms with Gasteiger partial charge in [-0.2, -0.15) is 27.4 Å². The van der Waals surface area contributed by atoms with E-state index in [2.05, 4.69) is 4.98 Å². The van der Waals surface area contributed by atoms with E-state index in [-0.39, 0.29) is 76.5 Å². The summed E-state index contributed by atoms with van der Waals surface area (Å²) in [6.07, 6.45) is -3.00. The Morgan fingerprint density at radius 2 is 1.76 bits per heavy atom. The number of fused-ring (bicyclic) bond motifs is 1. The molecular weight excluding hydrogens is 485 g/mol. The fourth-order valence-electron chi connectivity index (χ4n) is 2.49. The molecule has 0 aliphatic carbocycles. The fourth-order valence-corrected chi connectivity index (χ4v) is 3.30. The average Bonchev–Trinajstić information content (AvgIpc) is 3.42. The maximum Gasteiger partial charge on any atom is 1.00 e. The summed E-state index contributed by atoms with van der Waals surface area (Å²) in [6, 6.07) is 5.00. The molecule has 0 saturated heterocycles. The molecule has 2 N–H and O–H groups in total. The maximum absolute atomic E-state index is 12.7. The van der Waals surface area contributed by atoms with Crippen molar-refractivity contribution in [3.05, 3.63) is 52.1 Å². The number of alkyl halides is 3. The first-order chi connectivity index (χ1) is 14.8. The third-order valence-corrected chi connectivity index (χ3v) is 4.55. The molecule has 0 aliphatic rings. The predicted molar refractivity (Wildman–Crippen MR) is 106 cm³/mol. The van der Waals surface area contributed by atoms with Crippen LogP contribution in [0.25, 0.3) is 10.9 Å². The zero-order chi connectivity index (χ0) is 24.2. The number of thiazole rings is 1. The van der Waals surface area contributed by atoms with E-state index >= 15 is 0 Å². The van der Waals surface area contributed by atoms with Crippen LogP contribution in [0.1, 0.15) is 27.1 Å². The first-order valence-electron chi connectivity index (χ1n) is 8.32. The Morgan fingerprint density at radius 1 is 1.21 bits per heavy atom. The molecule has 0 aliphatic heterocycles. The summed E-state index contributed by atoms with van der Waals surface area (Å²) in [4.78, 5) is 24.5. The minimum Gasteiger partial charge on any atom is -0.857 e. The number of hydrogen-bond donors (Lipinski definition) is 1. The summed E-state index contributed by atoms with van der Waals surface area (Å²) in [5.41, 5.74) is 5.93. The van der Waals surface area contributed by atoms with E-state index in [0.717, 1.165) is 31.1 Å². The minimum absolute atomic E-state index is 0. The Kier molecular flexibility index (Phi) is 20.9. The number of ketones is 1. The van der Waals surface area contributed by atoms with Gasteiger partial charge < -0.3 is 30.0 Å². The van der Waals surface area contributed by atoms with Crippen LogP contribution in [-0.4, -0.2) is 49.6 Å². The molecule has 8 nitrogen and oxygen atoms in total. The van der Waals surface area contributed by atoms with Crippen LogP contribution in [0.15, 0.2) is 35.8 Å². The number of para-hydroxylation sites is 1. The second-order valence-corrected chi connectivity index (χ2v) is 6.23. The number of ether oxygens (including phenoxy) is 1. The molecule has 1 aromatic carbocycles. The van der Waals surface area contributed by atoms with E-state index in [9.17, 15) is 18.0 Å². The molecule has 1 atom stereocenters. The number of hydrogen-bond acceptors (Lipinski definition) is 8. The van der Waals surface area contributed by atoms with Crippen LogP contribution in [0.3, 0.4) is 0 Å².